The maximum absolute atomic E-state index is 11.9. The van der Waals surface area contributed by atoms with Gasteiger partial charge in [0.05, 0.1) is 15.1 Å². The Labute approximate surface area is 162 Å². The fourth-order valence-electron chi connectivity index (χ4n) is 1.61. The summed E-state index contributed by atoms with van der Waals surface area (Å²) < 4.78 is 5.31. The van der Waals surface area contributed by atoms with Crippen LogP contribution in [-0.2, 0) is 4.79 Å². The van der Waals surface area contributed by atoms with E-state index in [-0.39, 0.29) is 37.5 Å². The van der Waals surface area contributed by atoms with Crippen molar-refractivity contribution in [3.63, 3.8) is 0 Å². The van der Waals surface area contributed by atoms with Gasteiger partial charge in [0.1, 0.15) is 10.0 Å². The topological polar surface area (TPSA) is 38.3 Å². The van der Waals surface area contributed by atoms with Crippen molar-refractivity contribution < 1.29 is 9.53 Å². The molecule has 1 N–H and O–H groups in total. The highest BCUT2D eigenvalue weighted by Crippen LogP contribution is 2.48. The van der Waals surface area contributed by atoms with Crippen LogP contribution < -0.4 is 10.1 Å². The lowest BCUT2D eigenvalue weighted by atomic mass is 10.3. The molecule has 0 saturated heterocycles. The number of ether oxygens (including phenoxy) is 1. The molecule has 2 aromatic rings. The molecule has 0 radical (unpaired) electrons. The Balaban J connectivity index is 2.11. The van der Waals surface area contributed by atoms with Gasteiger partial charge in [0.15, 0.2) is 12.4 Å². The van der Waals surface area contributed by atoms with Crippen LogP contribution in [0.3, 0.4) is 0 Å². The number of nitrogens with one attached hydrogen (secondary N) is 1. The van der Waals surface area contributed by atoms with Gasteiger partial charge in [-0.1, -0.05) is 75.7 Å². The van der Waals surface area contributed by atoms with Gasteiger partial charge < -0.3 is 10.1 Å². The van der Waals surface area contributed by atoms with Gasteiger partial charge in [-0.2, -0.15) is 0 Å². The number of amides is 1. The Hall–Kier alpha value is -0.550. The van der Waals surface area contributed by atoms with Gasteiger partial charge in [-0.15, -0.1) is 0 Å². The molecule has 122 valence electrons. The zero-order valence-electron chi connectivity index (χ0n) is 11.1. The molecule has 0 spiro atoms. The van der Waals surface area contributed by atoms with E-state index in [0.717, 1.165) is 0 Å². The Morgan fingerprint density at radius 1 is 0.913 bits per heavy atom. The number of carbonyl (C=O) groups is 1. The van der Waals surface area contributed by atoms with E-state index in [4.69, 9.17) is 74.3 Å². The van der Waals surface area contributed by atoms with Crippen LogP contribution in [-0.4, -0.2) is 12.5 Å². The highest BCUT2D eigenvalue weighted by atomic mass is 35.5. The van der Waals surface area contributed by atoms with E-state index in [2.05, 4.69) is 5.32 Å². The molecule has 0 heterocycles. The number of benzene rings is 2. The highest BCUT2D eigenvalue weighted by molar-refractivity contribution is 6.55. The molecular weight excluding hydrogens is 427 g/mol. The summed E-state index contributed by atoms with van der Waals surface area (Å²) in [5, 5.41) is 3.05. The number of rotatable bonds is 4. The third kappa shape index (κ3) is 4.50. The van der Waals surface area contributed by atoms with Crippen molar-refractivity contribution in [1.29, 1.82) is 0 Å². The summed E-state index contributed by atoms with van der Waals surface area (Å²) in [7, 11) is 0. The van der Waals surface area contributed by atoms with Crippen molar-refractivity contribution in [2.24, 2.45) is 0 Å². The van der Waals surface area contributed by atoms with E-state index in [1.807, 2.05) is 0 Å². The second kappa shape index (κ2) is 8.02. The molecule has 0 saturated carbocycles. The molecule has 2 rings (SSSR count). The largest absolute Gasteiger partial charge is 0.481 e. The van der Waals surface area contributed by atoms with Crippen molar-refractivity contribution in [2.45, 2.75) is 0 Å². The normalized spacial score (nSPS) is 10.5. The third-order valence-electron chi connectivity index (χ3n) is 2.63. The lowest BCUT2D eigenvalue weighted by Crippen LogP contribution is -2.20. The number of halogens is 6. The van der Waals surface area contributed by atoms with E-state index < -0.39 is 5.91 Å². The Bertz CT molecular complexity index is 736. The van der Waals surface area contributed by atoms with Crippen LogP contribution in [0.5, 0.6) is 5.75 Å². The maximum Gasteiger partial charge on any atom is 0.262 e. The SMILES string of the molecule is O=C(COc1c(Cl)c(Cl)c(Cl)c(Cl)c1Cl)Nc1cccc(Cl)c1. The molecule has 0 aliphatic rings. The van der Waals surface area contributed by atoms with E-state index in [1.165, 1.54) is 0 Å². The zero-order chi connectivity index (χ0) is 17.1. The first-order valence-electron chi connectivity index (χ1n) is 6.01. The van der Waals surface area contributed by atoms with E-state index in [0.29, 0.717) is 10.7 Å². The molecule has 1 amide bonds. The molecule has 0 aromatic heterocycles. The molecule has 9 heteroatoms. The van der Waals surface area contributed by atoms with E-state index in [9.17, 15) is 4.79 Å². The number of anilines is 1. The van der Waals surface area contributed by atoms with Gasteiger partial charge in [-0.3, -0.25) is 4.79 Å². The van der Waals surface area contributed by atoms with E-state index >= 15 is 0 Å². The average molecular weight is 434 g/mol. The van der Waals surface area contributed by atoms with Gasteiger partial charge in [-0.25, -0.2) is 0 Å². The first-order valence-corrected chi connectivity index (χ1v) is 8.27. The molecule has 0 unspecified atom stereocenters. The predicted octanol–water partition coefficient (Wildman–Crippen LogP) is 6.62. The minimum atomic E-state index is -0.443. The Morgan fingerprint density at radius 3 is 2.04 bits per heavy atom. The molecular formula is C14H7Cl6NO2. The van der Waals surface area contributed by atoms with Crippen molar-refractivity contribution >= 4 is 81.2 Å². The Kier molecular flexibility index (Phi) is 6.55. The number of hydrogen-bond donors (Lipinski definition) is 1. The van der Waals surface area contributed by atoms with Gasteiger partial charge in [0.25, 0.3) is 5.91 Å². The zero-order valence-corrected chi connectivity index (χ0v) is 15.6. The summed E-state index contributed by atoms with van der Waals surface area (Å²) >= 11 is 35.6. The summed E-state index contributed by atoms with van der Waals surface area (Å²) in [5.74, 6) is -0.462. The van der Waals surface area contributed by atoms with Gasteiger partial charge in [-0.05, 0) is 18.2 Å². The maximum atomic E-state index is 11.9. The fraction of sp³-hybridized carbons (Fsp3) is 0.0714. The number of carbonyl (C=O) groups excluding carboxylic acids is 1. The molecule has 0 bridgehead atoms. The molecule has 3 nitrogen and oxygen atoms in total. The minimum Gasteiger partial charge on any atom is -0.481 e. The first kappa shape index (κ1) is 18.8. The molecule has 0 aliphatic heterocycles. The standard InChI is InChI=1S/C14H7Cl6NO2/c15-6-2-1-3-7(4-6)21-8(22)5-23-14-12(19)10(17)9(16)11(18)13(14)20/h1-4H,5H2,(H,21,22). The first-order chi connectivity index (χ1) is 10.8. The quantitative estimate of drug-likeness (QED) is 0.434. The van der Waals surface area contributed by atoms with Gasteiger partial charge in [0, 0.05) is 10.7 Å². The van der Waals surface area contributed by atoms with Crippen molar-refractivity contribution in [2.75, 3.05) is 11.9 Å². The molecule has 2 aromatic carbocycles. The summed E-state index contributed by atoms with van der Waals surface area (Å²) in [6.07, 6.45) is 0. The lowest BCUT2D eigenvalue weighted by molar-refractivity contribution is -0.118. The second-order valence-electron chi connectivity index (χ2n) is 4.25. The van der Waals surface area contributed by atoms with Crippen LogP contribution in [0.25, 0.3) is 0 Å². The molecule has 23 heavy (non-hydrogen) atoms. The monoisotopic (exact) mass is 431 g/mol. The lowest BCUT2D eigenvalue weighted by Gasteiger charge is -2.13. The van der Waals surface area contributed by atoms with Crippen molar-refractivity contribution in [1.82, 2.24) is 0 Å². The van der Waals surface area contributed by atoms with Crippen molar-refractivity contribution in [3.05, 3.63) is 54.4 Å². The van der Waals surface area contributed by atoms with Crippen LogP contribution in [0, 0.1) is 0 Å². The second-order valence-corrected chi connectivity index (χ2v) is 6.57. The molecule has 0 fully saturated rings. The van der Waals surface area contributed by atoms with Gasteiger partial charge in [0.2, 0.25) is 0 Å². The highest BCUT2D eigenvalue weighted by Gasteiger charge is 2.21. The van der Waals surface area contributed by atoms with Gasteiger partial charge >= 0.3 is 0 Å². The number of hydrogen-bond acceptors (Lipinski definition) is 2. The van der Waals surface area contributed by atoms with Crippen LogP contribution in [0.15, 0.2) is 24.3 Å². The average Bonchev–Trinajstić information content (AvgIpc) is 2.51. The summed E-state index contributed by atoms with van der Waals surface area (Å²) in [4.78, 5) is 11.9. The van der Waals surface area contributed by atoms with Crippen LogP contribution in [0.1, 0.15) is 0 Å². The third-order valence-corrected chi connectivity index (χ3v) is 5.10. The fourth-order valence-corrected chi connectivity index (χ4v) is 3.03. The van der Waals surface area contributed by atoms with Crippen LogP contribution in [0.2, 0.25) is 30.1 Å². The summed E-state index contributed by atoms with van der Waals surface area (Å²) in [6.45, 7) is -0.361. The van der Waals surface area contributed by atoms with Crippen LogP contribution in [0.4, 0.5) is 5.69 Å². The van der Waals surface area contributed by atoms with Crippen molar-refractivity contribution in [3.8, 4) is 5.75 Å². The van der Waals surface area contributed by atoms with Crippen LogP contribution >= 0.6 is 69.6 Å². The van der Waals surface area contributed by atoms with E-state index in [1.54, 1.807) is 24.3 Å². The Morgan fingerprint density at radius 2 is 1.48 bits per heavy atom. The predicted molar refractivity (Wildman–Crippen MR) is 97.1 cm³/mol. The molecule has 0 atom stereocenters. The minimum absolute atomic E-state index is 0.00650. The smallest absolute Gasteiger partial charge is 0.262 e. The molecule has 0 aliphatic carbocycles. The summed E-state index contributed by atoms with van der Waals surface area (Å²) in [5.41, 5.74) is 0.524. The summed E-state index contributed by atoms with van der Waals surface area (Å²) in [6, 6.07) is 6.66.